The number of carboxylic acids is 1. The van der Waals surface area contributed by atoms with E-state index in [1.807, 2.05) is 0 Å². The minimum absolute atomic E-state index is 0.0208. The quantitative estimate of drug-likeness (QED) is 0.815. The van der Waals surface area contributed by atoms with Crippen molar-refractivity contribution < 1.29 is 14.7 Å². The van der Waals surface area contributed by atoms with E-state index in [-0.39, 0.29) is 23.8 Å². The Hall–Kier alpha value is -1.26. The molecular formula is C15H28N2O3. The van der Waals surface area contributed by atoms with Gasteiger partial charge in [-0.15, -0.1) is 0 Å². The second kappa shape index (κ2) is 6.95. The van der Waals surface area contributed by atoms with Crippen molar-refractivity contribution >= 4 is 12.0 Å². The molecule has 1 fully saturated rings. The van der Waals surface area contributed by atoms with Crippen molar-refractivity contribution in [2.75, 3.05) is 19.6 Å². The molecule has 0 spiro atoms. The summed E-state index contributed by atoms with van der Waals surface area (Å²) in [6.45, 7) is 10.6. The molecule has 0 unspecified atom stereocenters. The van der Waals surface area contributed by atoms with Gasteiger partial charge in [-0.05, 0) is 30.1 Å². The van der Waals surface area contributed by atoms with Crippen LogP contribution in [0.15, 0.2) is 0 Å². The summed E-state index contributed by atoms with van der Waals surface area (Å²) in [6.07, 6.45) is 1.79. The zero-order chi connectivity index (χ0) is 15.3. The van der Waals surface area contributed by atoms with Crippen LogP contribution in [0.3, 0.4) is 0 Å². The highest BCUT2D eigenvalue weighted by atomic mass is 16.4. The van der Waals surface area contributed by atoms with Gasteiger partial charge in [-0.2, -0.15) is 0 Å². The number of nitrogens with zero attached hydrogens (tertiary/aromatic N) is 1. The number of likely N-dealkylation sites (tertiary alicyclic amines) is 1. The van der Waals surface area contributed by atoms with Gasteiger partial charge in [0.2, 0.25) is 0 Å². The number of carboxylic acid groups (broad SMARTS) is 1. The van der Waals surface area contributed by atoms with Gasteiger partial charge in [0, 0.05) is 26.1 Å². The minimum atomic E-state index is -0.744. The average molecular weight is 284 g/mol. The van der Waals surface area contributed by atoms with Crippen molar-refractivity contribution in [1.29, 1.82) is 0 Å². The Morgan fingerprint density at radius 1 is 1.30 bits per heavy atom. The molecular weight excluding hydrogens is 256 g/mol. The van der Waals surface area contributed by atoms with Gasteiger partial charge in [0.25, 0.3) is 0 Å². The van der Waals surface area contributed by atoms with Crippen LogP contribution in [0.5, 0.6) is 0 Å². The van der Waals surface area contributed by atoms with Crippen LogP contribution < -0.4 is 5.32 Å². The molecule has 1 rings (SSSR count). The Morgan fingerprint density at radius 2 is 1.85 bits per heavy atom. The Kier molecular flexibility index (Phi) is 5.84. The lowest BCUT2D eigenvalue weighted by atomic mass is 9.81. The monoisotopic (exact) mass is 284 g/mol. The summed E-state index contributed by atoms with van der Waals surface area (Å²) >= 11 is 0. The number of aliphatic carboxylic acids is 1. The number of hydrogen-bond acceptors (Lipinski definition) is 2. The van der Waals surface area contributed by atoms with E-state index >= 15 is 0 Å². The molecule has 1 saturated heterocycles. The van der Waals surface area contributed by atoms with Crippen molar-refractivity contribution in [2.45, 2.75) is 47.0 Å². The summed E-state index contributed by atoms with van der Waals surface area (Å²) < 4.78 is 0. The van der Waals surface area contributed by atoms with Crippen molar-refractivity contribution in [3.05, 3.63) is 0 Å². The molecule has 2 N–H and O–H groups in total. The van der Waals surface area contributed by atoms with Crippen molar-refractivity contribution in [3.8, 4) is 0 Å². The summed E-state index contributed by atoms with van der Waals surface area (Å²) in [5.41, 5.74) is 0.0806. The van der Waals surface area contributed by atoms with Gasteiger partial charge < -0.3 is 15.3 Å². The number of carbonyl (C=O) groups excluding carboxylic acids is 1. The number of hydrogen-bond donors (Lipinski definition) is 2. The Morgan fingerprint density at radius 3 is 2.30 bits per heavy atom. The van der Waals surface area contributed by atoms with E-state index in [0.717, 1.165) is 12.8 Å². The summed E-state index contributed by atoms with van der Waals surface area (Å²) in [4.78, 5) is 24.6. The molecule has 1 aliphatic rings. The predicted octanol–water partition coefficient (Wildman–Crippen LogP) is 2.56. The molecule has 0 saturated carbocycles. The third-order valence-corrected chi connectivity index (χ3v) is 4.62. The number of amides is 2. The molecule has 0 atom stereocenters. The van der Waals surface area contributed by atoms with Crippen LogP contribution >= 0.6 is 0 Å². The van der Waals surface area contributed by atoms with Crippen LogP contribution in [0.1, 0.15) is 47.0 Å². The predicted molar refractivity (Wildman–Crippen MR) is 78.6 cm³/mol. The average Bonchev–Trinajstić information content (AvgIpc) is 2.36. The Labute approximate surface area is 121 Å². The molecule has 0 aromatic carbocycles. The van der Waals surface area contributed by atoms with Crippen LogP contribution in [0.25, 0.3) is 0 Å². The first-order chi connectivity index (χ1) is 9.22. The van der Waals surface area contributed by atoms with Crippen LogP contribution in [0.2, 0.25) is 0 Å². The summed E-state index contributed by atoms with van der Waals surface area (Å²) in [7, 11) is 0. The van der Waals surface area contributed by atoms with Crippen LogP contribution in [0, 0.1) is 17.3 Å². The molecule has 1 heterocycles. The molecule has 0 aromatic heterocycles. The van der Waals surface area contributed by atoms with Gasteiger partial charge in [-0.1, -0.05) is 27.7 Å². The maximum Gasteiger partial charge on any atom is 0.317 e. The van der Waals surface area contributed by atoms with Crippen molar-refractivity contribution in [1.82, 2.24) is 10.2 Å². The smallest absolute Gasteiger partial charge is 0.317 e. The maximum absolute atomic E-state index is 12.1. The maximum atomic E-state index is 12.1. The van der Waals surface area contributed by atoms with Gasteiger partial charge in [-0.25, -0.2) is 4.79 Å². The van der Waals surface area contributed by atoms with Gasteiger partial charge in [0.1, 0.15) is 0 Å². The van der Waals surface area contributed by atoms with Crippen molar-refractivity contribution in [2.24, 2.45) is 17.3 Å². The molecule has 20 heavy (non-hydrogen) atoms. The van der Waals surface area contributed by atoms with E-state index in [9.17, 15) is 9.59 Å². The first kappa shape index (κ1) is 16.8. The number of carbonyl (C=O) groups is 2. The third kappa shape index (κ3) is 5.02. The summed E-state index contributed by atoms with van der Waals surface area (Å²) in [6, 6.07) is -0.0208. The fourth-order valence-electron chi connectivity index (χ4n) is 2.21. The van der Waals surface area contributed by atoms with Gasteiger partial charge in [0.15, 0.2) is 0 Å². The lowest BCUT2D eigenvalue weighted by molar-refractivity contribution is -0.138. The highest BCUT2D eigenvalue weighted by molar-refractivity contribution is 5.74. The van der Waals surface area contributed by atoms with E-state index < -0.39 is 5.97 Å². The second-order valence-corrected chi connectivity index (χ2v) is 6.83. The van der Waals surface area contributed by atoms with E-state index in [4.69, 9.17) is 5.11 Å². The molecule has 0 bridgehead atoms. The molecule has 5 nitrogen and oxygen atoms in total. The topological polar surface area (TPSA) is 69.6 Å². The van der Waals surface area contributed by atoms with E-state index in [0.29, 0.717) is 25.6 Å². The normalized spacial score (nSPS) is 17.4. The molecule has 2 amide bonds. The molecule has 0 aromatic rings. The van der Waals surface area contributed by atoms with E-state index in [1.54, 1.807) is 4.90 Å². The van der Waals surface area contributed by atoms with Crippen molar-refractivity contribution in [3.63, 3.8) is 0 Å². The van der Waals surface area contributed by atoms with E-state index in [2.05, 4.69) is 33.0 Å². The fourth-order valence-corrected chi connectivity index (χ4v) is 2.21. The van der Waals surface area contributed by atoms with Crippen LogP contribution in [-0.2, 0) is 4.79 Å². The highest BCUT2D eigenvalue weighted by Crippen LogP contribution is 2.25. The first-order valence-corrected chi connectivity index (χ1v) is 7.47. The third-order valence-electron chi connectivity index (χ3n) is 4.62. The molecule has 116 valence electrons. The zero-order valence-electron chi connectivity index (χ0n) is 13.1. The largest absolute Gasteiger partial charge is 0.481 e. The molecule has 0 radical (unpaired) electrons. The van der Waals surface area contributed by atoms with Crippen LogP contribution in [0.4, 0.5) is 4.79 Å². The Bertz CT molecular complexity index is 345. The minimum Gasteiger partial charge on any atom is -0.481 e. The summed E-state index contributed by atoms with van der Waals surface area (Å²) in [5, 5.41) is 11.8. The number of nitrogens with one attached hydrogen (secondary N) is 1. The zero-order valence-corrected chi connectivity index (χ0v) is 13.1. The number of rotatable bonds is 5. The van der Waals surface area contributed by atoms with Gasteiger partial charge in [-0.3, -0.25) is 4.79 Å². The van der Waals surface area contributed by atoms with Gasteiger partial charge >= 0.3 is 12.0 Å². The standard InChI is InChI=1S/C15H28N2O3/c1-11(2)15(3,4)10-16-14(20)17-7-5-12(6-8-17)9-13(18)19/h11-12H,5-10H2,1-4H3,(H,16,20)(H,18,19). The lowest BCUT2D eigenvalue weighted by Gasteiger charge is -2.34. The lowest BCUT2D eigenvalue weighted by Crippen LogP contribution is -2.47. The molecule has 5 heteroatoms. The highest BCUT2D eigenvalue weighted by Gasteiger charge is 2.27. The number of urea groups is 1. The van der Waals surface area contributed by atoms with Crippen LogP contribution in [-0.4, -0.2) is 41.6 Å². The number of piperidine rings is 1. The second-order valence-electron chi connectivity index (χ2n) is 6.83. The Balaban J connectivity index is 2.34. The first-order valence-electron chi connectivity index (χ1n) is 7.47. The van der Waals surface area contributed by atoms with E-state index in [1.165, 1.54) is 0 Å². The SMILES string of the molecule is CC(C)C(C)(C)CNC(=O)N1CCC(CC(=O)O)CC1. The fraction of sp³-hybridized carbons (Fsp3) is 0.867. The molecule has 1 aliphatic heterocycles. The van der Waals surface area contributed by atoms with Gasteiger partial charge in [0.05, 0.1) is 0 Å². The molecule has 0 aliphatic carbocycles. The summed E-state index contributed by atoms with van der Waals surface area (Å²) in [5.74, 6) is -0.0284.